The molecule has 0 aromatic carbocycles. The molecule has 2 atom stereocenters. The van der Waals surface area contributed by atoms with Crippen LogP contribution in [0.5, 0.6) is 0 Å². The molecule has 1 heterocycles. The number of rotatable bonds is 8. The van der Waals surface area contributed by atoms with Gasteiger partial charge in [-0.15, -0.1) is 0 Å². The van der Waals surface area contributed by atoms with Crippen molar-refractivity contribution < 1.29 is 14.4 Å². The van der Waals surface area contributed by atoms with Gasteiger partial charge in [-0.3, -0.25) is 9.59 Å². The van der Waals surface area contributed by atoms with Crippen molar-refractivity contribution in [3.8, 4) is 0 Å². The number of carbonyl (C=O) groups is 3. The summed E-state index contributed by atoms with van der Waals surface area (Å²) in [4.78, 5) is 35.9. The minimum atomic E-state index is -0.616. The molecule has 20 heavy (non-hydrogen) atoms. The second-order valence-electron chi connectivity index (χ2n) is 5.04. The monoisotopic (exact) mass is 284 g/mol. The minimum Gasteiger partial charge on any atom is -0.346 e. The molecular weight excluding hydrogens is 260 g/mol. The molecule has 0 aromatic rings. The van der Waals surface area contributed by atoms with Crippen molar-refractivity contribution >= 4 is 18.1 Å². The van der Waals surface area contributed by atoms with Crippen LogP contribution in [0.2, 0.25) is 0 Å². The van der Waals surface area contributed by atoms with E-state index in [0.717, 1.165) is 25.5 Å². The van der Waals surface area contributed by atoms with Crippen molar-refractivity contribution in [1.82, 2.24) is 10.2 Å². The summed E-state index contributed by atoms with van der Waals surface area (Å²) in [5.41, 5.74) is 11.1. The van der Waals surface area contributed by atoms with Gasteiger partial charge in [0, 0.05) is 6.54 Å². The van der Waals surface area contributed by atoms with E-state index in [9.17, 15) is 14.4 Å². The maximum absolute atomic E-state index is 11.9. The third-order valence-electron chi connectivity index (χ3n) is 3.50. The molecular formula is C13H24N4O3. The van der Waals surface area contributed by atoms with Crippen LogP contribution in [-0.2, 0) is 14.4 Å². The van der Waals surface area contributed by atoms with Gasteiger partial charge in [0.1, 0.15) is 6.29 Å². The predicted octanol–water partition coefficient (Wildman–Crippen LogP) is -1.25. The molecule has 1 saturated heterocycles. The second-order valence-corrected chi connectivity index (χ2v) is 5.04. The van der Waals surface area contributed by atoms with Crippen LogP contribution in [-0.4, -0.2) is 54.7 Å². The number of amides is 2. The minimum absolute atomic E-state index is 0.103. The van der Waals surface area contributed by atoms with Crippen molar-refractivity contribution in [1.29, 1.82) is 0 Å². The fourth-order valence-electron chi connectivity index (χ4n) is 2.28. The number of aldehydes is 1. The standard InChI is InChI=1S/C13H24N4O3/c14-6-2-1-5-11(15)13(20)16-8-12(19)17-7-3-4-10(17)9-18/h9-11H,1-8,14-15H2,(H,16,20). The largest absolute Gasteiger partial charge is 0.346 e. The molecule has 2 amide bonds. The van der Waals surface area contributed by atoms with Crippen LogP contribution in [0, 0.1) is 0 Å². The maximum Gasteiger partial charge on any atom is 0.242 e. The van der Waals surface area contributed by atoms with E-state index >= 15 is 0 Å². The van der Waals surface area contributed by atoms with Crippen molar-refractivity contribution in [2.24, 2.45) is 11.5 Å². The molecule has 1 rings (SSSR count). The zero-order valence-corrected chi connectivity index (χ0v) is 11.7. The average molecular weight is 284 g/mol. The second kappa shape index (κ2) is 8.65. The van der Waals surface area contributed by atoms with Crippen LogP contribution >= 0.6 is 0 Å². The van der Waals surface area contributed by atoms with Gasteiger partial charge in [0.2, 0.25) is 11.8 Å². The molecule has 1 aliphatic heterocycles. The van der Waals surface area contributed by atoms with E-state index in [1.165, 1.54) is 4.90 Å². The Balaban J connectivity index is 2.29. The summed E-state index contributed by atoms with van der Waals surface area (Å²) in [6.45, 7) is 1.04. The fraction of sp³-hybridized carbons (Fsp3) is 0.769. The Morgan fingerprint density at radius 1 is 1.40 bits per heavy atom. The molecule has 1 fully saturated rings. The Kier molecular flexibility index (Phi) is 7.17. The Morgan fingerprint density at radius 2 is 2.15 bits per heavy atom. The highest BCUT2D eigenvalue weighted by molar-refractivity contribution is 5.88. The fourth-order valence-corrected chi connectivity index (χ4v) is 2.28. The molecule has 2 unspecified atom stereocenters. The lowest BCUT2D eigenvalue weighted by Crippen LogP contribution is -2.47. The van der Waals surface area contributed by atoms with E-state index in [-0.39, 0.29) is 24.4 Å². The molecule has 0 bridgehead atoms. The van der Waals surface area contributed by atoms with Gasteiger partial charge in [-0.05, 0) is 32.2 Å². The van der Waals surface area contributed by atoms with Gasteiger partial charge in [0.25, 0.3) is 0 Å². The molecule has 7 nitrogen and oxygen atoms in total. The number of hydrogen-bond donors (Lipinski definition) is 3. The van der Waals surface area contributed by atoms with E-state index in [1.54, 1.807) is 0 Å². The molecule has 5 N–H and O–H groups in total. The number of nitrogens with one attached hydrogen (secondary N) is 1. The summed E-state index contributed by atoms with van der Waals surface area (Å²) in [7, 11) is 0. The van der Waals surface area contributed by atoms with E-state index in [4.69, 9.17) is 11.5 Å². The van der Waals surface area contributed by atoms with E-state index in [0.29, 0.717) is 25.9 Å². The molecule has 0 aromatic heterocycles. The lowest BCUT2D eigenvalue weighted by Gasteiger charge is -2.21. The first-order valence-corrected chi connectivity index (χ1v) is 7.08. The van der Waals surface area contributed by atoms with E-state index in [1.807, 2.05) is 0 Å². The van der Waals surface area contributed by atoms with Gasteiger partial charge in [-0.1, -0.05) is 6.42 Å². The summed E-state index contributed by atoms with van der Waals surface area (Å²) in [5.74, 6) is -0.570. The molecule has 114 valence electrons. The van der Waals surface area contributed by atoms with Gasteiger partial charge < -0.3 is 26.5 Å². The van der Waals surface area contributed by atoms with E-state index < -0.39 is 6.04 Å². The Hall–Kier alpha value is -1.47. The number of nitrogens with two attached hydrogens (primary N) is 2. The van der Waals surface area contributed by atoms with Crippen LogP contribution in [0.3, 0.4) is 0 Å². The highest BCUT2D eigenvalue weighted by Crippen LogP contribution is 2.14. The quantitative estimate of drug-likeness (QED) is 0.380. The number of hydrogen-bond acceptors (Lipinski definition) is 5. The summed E-state index contributed by atoms with van der Waals surface area (Å²) in [5, 5.41) is 2.53. The average Bonchev–Trinajstić information content (AvgIpc) is 2.92. The van der Waals surface area contributed by atoms with Crippen LogP contribution in [0.25, 0.3) is 0 Å². The summed E-state index contributed by atoms with van der Waals surface area (Å²) in [6, 6.07) is -0.965. The summed E-state index contributed by atoms with van der Waals surface area (Å²) in [6.07, 6.45) is 4.47. The molecule has 0 spiro atoms. The predicted molar refractivity (Wildman–Crippen MR) is 74.7 cm³/mol. The SMILES string of the molecule is NCCCCC(N)C(=O)NCC(=O)N1CCCC1C=O. The zero-order chi connectivity index (χ0) is 15.0. The van der Waals surface area contributed by atoms with Crippen LogP contribution in [0.1, 0.15) is 32.1 Å². The first kappa shape index (κ1) is 16.6. The molecule has 1 aliphatic rings. The van der Waals surface area contributed by atoms with Crippen molar-refractivity contribution in [3.05, 3.63) is 0 Å². The Labute approximate surface area is 119 Å². The van der Waals surface area contributed by atoms with Crippen molar-refractivity contribution in [2.75, 3.05) is 19.6 Å². The smallest absolute Gasteiger partial charge is 0.242 e. The van der Waals surface area contributed by atoms with Gasteiger partial charge in [0.05, 0.1) is 18.6 Å². The number of nitrogens with zero attached hydrogens (tertiary/aromatic N) is 1. The lowest BCUT2D eigenvalue weighted by atomic mass is 10.1. The first-order valence-electron chi connectivity index (χ1n) is 7.08. The summed E-state index contributed by atoms with van der Waals surface area (Å²) >= 11 is 0. The van der Waals surface area contributed by atoms with Gasteiger partial charge >= 0.3 is 0 Å². The first-order chi connectivity index (χ1) is 9.60. The van der Waals surface area contributed by atoms with Gasteiger partial charge in [-0.2, -0.15) is 0 Å². The number of likely N-dealkylation sites (tertiary alicyclic amines) is 1. The highest BCUT2D eigenvalue weighted by Gasteiger charge is 2.28. The van der Waals surface area contributed by atoms with Gasteiger partial charge in [-0.25, -0.2) is 0 Å². The van der Waals surface area contributed by atoms with Gasteiger partial charge in [0.15, 0.2) is 0 Å². The Morgan fingerprint density at radius 3 is 2.80 bits per heavy atom. The zero-order valence-electron chi connectivity index (χ0n) is 11.7. The van der Waals surface area contributed by atoms with Crippen molar-refractivity contribution in [3.63, 3.8) is 0 Å². The topological polar surface area (TPSA) is 119 Å². The molecule has 7 heteroatoms. The highest BCUT2D eigenvalue weighted by atomic mass is 16.2. The van der Waals surface area contributed by atoms with Crippen LogP contribution < -0.4 is 16.8 Å². The number of unbranched alkanes of at least 4 members (excludes halogenated alkanes) is 1. The normalized spacial score (nSPS) is 19.7. The maximum atomic E-state index is 11.9. The lowest BCUT2D eigenvalue weighted by molar-refractivity contribution is -0.135. The molecule has 0 radical (unpaired) electrons. The molecule has 0 saturated carbocycles. The third-order valence-corrected chi connectivity index (χ3v) is 3.50. The van der Waals surface area contributed by atoms with Crippen LogP contribution in [0.4, 0.5) is 0 Å². The number of carbonyl (C=O) groups excluding carboxylic acids is 3. The van der Waals surface area contributed by atoms with Crippen molar-refractivity contribution in [2.45, 2.75) is 44.2 Å². The van der Waals surface area contributed by atoms with E-state index in [2.05, 4.69) is 5.32 Å². The third kappa shape index (κ3) is 4.90. The molecule has 0 aliphatic carbocycles. The van der Waals surface area contributed by atoms with Crippen LogP contribution in [0.15, 0.2) is 0 Å². The summed E-state index contributed by atoms with van der Waals surface area (Å²) < 4.78 is 0. The Bertz CT molecular complexity index is 349.